The summed E-state index contributed by atoms with van der Waals surface area (Å²) in [5.41, 5.74) is 11.7. The Kier molecular flexibility index (Phi) is 56.1. The Hall–Kier alpha value is -2.32. The molecule has 0 bridgehead atoms. The number of nitrogens with one attached hydrogen (secondary N) is 8. The highest BCUT2D eigenvalue weighted by molar-refractivity contribution is 5.01. The van der Waals surface area contributed by atoms with Crippen LogP contribution in [0, 0.1) is 20.2 Å². The summed E-state index contributed by atoms with van der Waals surface area (Å²) in [4.78, 5) is 33.1. The Labute approximate surface area is 717 Å². The zero-order valence-electron chi connectivity index (χ0n) is 81.7. The minimum Gasteiger partial charge on any atom is -0.394 e. The highest BCUT2D eigenvalue weighted by Gasteiger charge is 2.49. The second-order valence-electron chi connectivity index (χ2n) is 41.8. The van der Waals surface area contributed by atoms with E-state index in [1.807, 2.05) is 192 Å². The lowest BCUT2D eigenvalue weighted by atomic mass is 9.91. The Morgan fingerprint density at radius 3 is 0.746 bits per heavy atom. The number of likely N-dealkylation sites (N-methyl/N-ethyl adjacent to an activating group) is 5. The van der Waals surface area contributed by atoms with Gasteiger partial charge in [0.2, 0.25) is 11.1 Å². The highest BCUT2D eigenvalue weighted by atomic mass is 16.6. The van der Waals surface area contributed by atoms with Crippen LogP contribution >= 0.6 is 0 Å². The second kappa shape index (κ2) is 53.3. The molecule has 1 unspecified atom stereocenters. The van der Waals surface area contributed by atoms with Crippen molar-refractivity contribution in [1.29, 1.82) is 0 Å². The summed E-state index contributed by atoms with van der Waals surface area (Å²) in [5.74, 6) is 0. The van der Waals surface area contributed by atoms with E-state index in [2.05, 4.69) is 82.9 Å². The average Bonchev–Trinajstić information content (AvgIpc) is 1.56. The molecular weight excluding hydrogens is 1520 g/mol. The van der Waals surface area contributed by atoms with Crippen LogP contribution in [0.2, 0.25) is 0 Å². The maximum Gasteiger partial charge on any atom is 0.246 e. The van der Waals surface area contributed by atoms with Gasteiger partial charge in [-0.15, -0.1) is 0 Å². The van der Waals surface area contributed by atoms with Crippen LogP contribution in [0.4, 0.5) is 0 Å². The predicted molar refractivity (Wildman–Crippen MR) is 485 cm³/mol. The molecule has 1 fully saturated rings. The Morgan fingerprint density at radius 1 is 0.356 bits per heavy atom. The van der Waals surface area contributed by atoms with Crippen LogP contribution in [0.15, 0.2) is 0 Å². The summed E-state index contributed by atoms with van der Waals surface area (Å²) >= 11 is 0. The van der Waals surface area contributed by atoms with Crippen molar-refractivity contribution in [3.05, 3.63) is 20.2 Å². The van der Waals surface area contributed by atoms with Crippen LogP contribution in [-0.4, -0.2) is 390 Å². The van der Waals surface area contributed by atoms with E-state index >= 15 is 0 Å². The van der Waals surface area contributed by atoms with E-state index in [0.29, 0.717) is 72.0 Å². The summed E-state index contributed by atoms with van der Waals surface area (Å²) in [6.45, 7) is 66.4. The van der Waals surface area contributed by atoms with Gasteiger partial charge in [0.15, 0.2) is 0 Å². The molecule has 0 aliphatic carbocycles. The molecule has 1 aliphatic rings. The van der Waals surface area contributed by atoms with Gasteiger partial charge in [-0.3, -0.25) is 44.7 Å². The van der Waals surface area contributed by atoms with Gasteiger partial charge in [-0.1, -0.05) is 41.5 Å². The third kappa shape index (κ3) is 47.3. The van der Waals surface area contributed by atoms with Gasteiger partial charge in [-0.05, 0) is 227 Å². The van der Waals surface area contributed by atoms with E-state index < -0.39 is 27.7 Å². The first-order valence-corrected chi connectivity index (χ1v) is 42.7. The molecule has 1 aliphatic heterocycles. The van der Waals surface area contributed by atoms with E-state index in [1.165, 1.54) is 0 Å². The smallest absolute Gasteiger partial charge is 0.246 e. The molecule has 0 saturated carbocycles. The van der Waals surface area contributed by atoms with Crippen LogP contribution in [0.5, 0.6) is 0 Å². The van der Waals surface area contributed by atoms with Crippen molar-refractivity contribution in [2.45, 2.75) is 346 Å². The summed E-state index contributed by atoms with van der Waals surface area (Å²) in [7, 11) is 9.91. The van der Waals surface area contributed by atoms with Gasteiger partial charge in [-0.25, -0.2) is 0 Å². The molecule has 0 aromatic heterocycles. The average molecular weight is 1710 g/mol. The van der Waals surface area contributed by atoms with Gasteiger partial charge < -0.3 is 121 Å². The Morgan fingerprint density at radius 2 is 0.576 bits per heavy atom. The predicted octanol–water partition coefficient (Wildman–Crippen LogP) is 1.86. The first kappa shape index (κ1) is 124. The van der Waals surface area contributed by atoms with Crippen molar-refractivity contribution in [1.82, 2.24) is 67.0 Å². The van der Waals surface area contributed by atoms with E-state index in [-0.39, 0.29) is 174 Å². The number of aliphatic hydroxyl groups is 11. The van der Waals surface area contributed by atoms with Crippen molar-refractivity contribution in [3.8, 4) is 0 Å². The van der Waals surface area contributed by atoms with Crippen molar-refractivity contribution in [2.75, 3.05) is 200 Å². The first-order valence-electron chi connectivity index (χ1n) is 42.7. The minimum atomic E-state index is -1.17. The minimum absolute atomic E-state index is 0.0666. The molecule has 0 aromatic rings. The van der Waals surface area contributed by atoms with Crippen LogP contribution in [0.1, 0.15) is 246 Å². The van der Waals surface area contributed by atoms with Crippen LogP contribution in [0.3, 0.4) is 0 Å². The lowest BCUT2D eigenvalue weighted by molar-refractivity contribution is -0.570. The quantitative estimate of drug-likeness (QED) is 0.0305. The summed E-state index contributed by atoms with van der Waals surface area (Å²) in [6.07, 6.45) is 4.21. The van der Waals surface area contributed by atoms with Crippen LogP contribution < -0.4 is 59.7 Å². The molecule has 0 radical (unpaired) electrons. The first-order chi connectivity index (χ1) is 53.3. The van der Waals surface area contributed by atoms with Gasteiger partial charge in [0.25, 0.3) is 0 Å². The lowest BCUT2D eigenvalue weighted by Crippen LogP contribution is -2.62. The fourth-order valence-corrected chi connectivity index (χ4v) is 10.4. The molecule has 34 heteroatoms. The third-order valence-corrected chi connectivity index (χ3v) is 24.4. The van der Waals surface area contributed by atoms with Gasteiger partial charge >= 0.3 is 0 Å². The molecule has 0 amide bonds. The van der Waals surface area contributed by atoms with Crippen molar-refractivity contribution < 1.29 is 70.8 Å². The Bertz CT molecular complexity index is 2510. The number of ether oxygens (including phenoxy) is 1. The molecule has 25 N–H and O–H groups in total. The largest absolute Gasteiger partial charge is 0.394 e. The molecule has 34 nitrogen and oxygen atoms in total. The monoisotopic (exact) mass is 1710 g/mol. The molecule has 1 saturated heterocycles. The molecular formula is C84H192N18O16. The van der Waals surface area contributed by atoms with Crippen molar-refractivity contribution >= 4 is 0 Å². The van der Waals surface area contributed by atoms with E-state index in [1.54, 1.807) is 34.6 Å². The number of nitrogens with two attached hydrogens (primary N) is 3. The number of nitrogens with zero attached hydrogens (tertiary/aromatic N) is 7. The van der Waals surface area contributed by atoms with E-state index in [0.717, 1.165) is 38.8 Å². The van der Waals surface area contributed by atoms with E-state index in [4.69, 9.17) is 21.9 Å². The maximum absolute atomic E-state index is 11.7. The molecule has 1 heterocycles. The summed E-state index contributed by atoms with van der Waals surface area (Å²) in [6, 6.07) is 0. The van der Waals surface area contributed by atoms with Gasteiger partial charge in [0.1, 0.15) is 0 Å². The van der Waals surface area contributed by atoms with Crippen molar-refractivity contribution in [2.24, 2.45) is 17.2 Å². The number of nitro groups is 2. The topological polar surface area (TPSA) is 509 Å². The van der Waals surface area contributed by atoms with Crippen LogP contribution in [-0.2, 0) is 4.74 Å². The highest BCUT2D eigenvalue weighted by Crippen LogP contribution is 2.29. The van der Waals surface area contributed by atoms with Crippen molar-refractivity contribution in [3.63, 3.8) is 0 Å². The molecule has 0 aromatic carbocycles. The molecule has 714 valence electrons. The van der Waals surface area contributed by atoms with Crippen LogP contribution in [0.25, 0.3) is 0 Å². The van der Waals surface area contributed by atoms with E-state index in [9.17, 15) is 76.4 Å². The third-order valence-electron chi connectivity index (χ3n) is 24.4. The second-order valence-corrected chi connectivity index (χ2v) is 41.8. The standard InChI is InChI=1S/2C15H35N3O2.C14H29N3O4.C14H33N3O2.C13H29N3O4.C13H31N3O2/c2*1-8-15(16,9-17(6)13(2,3)11-19)10-18(7)14(4,5)12-20;1-6-14(17(19)20,7-15-12(2,3)9-18)8-16-11-21-10-13(16,4)5;1-7-14(15-6,8-16-12(2,3)10-18)9-17-13(4,5)11-19;1-6-13(16(19)20,7-14-11(2,3)9-17)8-15-12(4,5)10-18;1-6-13(14,7-15-11(2,3)9-17)8-16-12(4,5)10-18/h2*19-20H,8-12,16H2,1-7H3;15,18H,6-11H2,1-5H3;15-19H,7-11H2,1-6H3;14-15,17-18H,6-10H2,1-5H3;15-18H,6-10,14H2,1-5H3. The number of aliphatic hydroxyl groups excluding tert-OH is 11. The fraction of sp³-hybridized carbons (Fsp3) is 1.00. The molecule has 1 atom stereocenters. The maximum atomic E-state index is 11.7. The normalized spacial score (nSPS) is 15.5. The fourth-order valence-electron chi connectivity index (χ4n) is 10.4. The zero-order chi connectivity index (χ0) is 94.3. The molecule has 0 spiro atoms. The van der Waals surface area contributed by atoms with Gasteiger partial charge in [0.05, 0.1) is 112 Å². The SMILES string of the molecule is CCC(CNC(C)(C)CO)(CN1COCC1(C)C)[N+](=O)[O-].CCC(CNC(C)(C)CO)(CNC(C)(C)CO)NC.CCC(CNC(C)(C)CO)(CNC(C)(C)CO)[N+](=O)[O-].CCC(N)(CN(C)C(C)(C)CO)CN(C)C(C)(C)CO.CCC(N)(CN(C)C(C)(C)CO)CN(C)C(C)(C)CO.CCC(N)(CNC(C)(C)CO)CNC(C)(C)CO. The summed E-state index contributed by atoms with van der Waals surface area (Å²) < 4.78 is 5.45. The lowest BCUT2D eigenvalue weighted by Gasteiger charge is -2.45. The van der Waals surface area contributed by atoms with Gasteiger partial charge in [0, 0.05) is 164 Å². The van der Waals surface area contributed by atoms with Gasteiger partial charge in [-0.2, -0.15) is 0 Å². The number of rotatable bonds is 55. The summed E-state index contributed by atoms with van der Waals surface area (Å²) in [5, 5.41) is 152. The number of hydrogen-bond donors (Lipinski definition) is 22. The Balaban J connectivity index is -0.000000433. The zero-order valence-corrected chi connectivity index (χ0v) is 81.7. The molecule has 1 rings (SSSR count). The molecule has 118 heavy (non-hydrogen) atoms. The number of hydrogen-bond acceptors (Lipinski definition) is 32.